The quantitative estimate of drug-likeness (QED) is 0.850. The standard InChI is InChI=1S/C17H22N4O2S/c1-12-4-5-14(24-12)13(2)17(22)21-8-6-20(7-9-21)15-10-18-11-16(19-15)23-3/h4-5,10-11,13H,6-9H2,1-3H3. The van der Waals surface area contributed by atoms with Gasteiger partial charge in [0.15, 0.2) is 5.82 Å². The van der Waals surface area contributed by atoms with Gasteiger partial charge in [-0.3, -0.25) is 9.78 Å². The van der Waals surface area contributed by atoms with E-state index in [4.69, 9.17) is 4.74 Å². The van der Waals surface area contributed by atoms with Crippen LogP contribution in [0.5, 0.6) is 5.88 Å². The topological polar surface area (TPSA) is 58.6 Å². The lowest BCUT2D eigenvalue weighted by molar-refractivity contribution is -0.132. The van der Waals surface area contributed by atoms with Crippen molar-refractivity contribution in [3.63, 3.8) is 0 Å². The summed E-state index contributed by atoms with van der Waals surface area (Å²) in [6, 6.07) is 4.13. The Morgan fingerprint density at radius 2 is 2.00 bits per heavy atom. The van der Waals surface area contributed by atoms with E-state index in [-0.39, 0.29) is 11.8 Å². The van der Waals surface area contributed by atoms with E-state index in [1.54, 1.807) is 30.8 Å². The first-order valence-corrected chi connectivity index (χ1v) is 8.86. The Kier molecular flexibility index (Phi) is 4.99. The Hall–Kier alpha value is -2.15. The highest BCUT2D eigenvalue weighted by molar-refractivity contribution is 7.12. The molecule has 1 amide bonds. The van der Waals surface area contributed by atoms with Crippen LogP contribution in [0.3, 0.4) is 0 Å². The molecule has 1 saturated heterocycles. The van der Waals surface area contributed by atoms with Crippen molar-refractivity contribution in [1.82, 2.24) is 14.9 Å². The Morgan fingerprint density at radius 1 is 1.25 bits per heavy atom. The average Bonchev–Trinajstić information content (AvgIpc) is 3.07. The molecule has 0 N–H and O–H groups in total. The van der Waals surface area contributed by atoms with E-state index in [1.165, 1.54) is 4.88 Å². The Bertz CT molecular complexity index is 710. The van der Waals surface area contributed by atoms with Gasteiger partial charge in [0.2, 0.25) is 11.8 Å². The number of methoxy groups -OCH3 is 1. The number of aryl methyl sites for hydroxylation is 1. The first kappa shape index (κ1) is 16.7. The molecule has 7 heteroatoms. The molecule has 0 aromatic carbocycles. The minimum absolute atomic E-state index is 0.0770. The van der Waals surface area contributed by atoms with Crippen molar-refractivity contribution < 1.29 is 9.53 Å². The summed E-state index contributed by atoms with van der Waals surface area (Å²) in [5.41, 5.74) is 0. The number of aromatic nitrogens is 2. The minimum atomic E-state index is -0.0770. The lowest BCUT2D eigenvalue weighted by Crippen LogP contribution is -2.50. The van der Waals surface area contributed by atoms with E-state index in [0.29, 0.717) is 19.0 Å². The SMILES string of the molecule is COc1cncc(N2CCN(C(=O)C(C)c3ccc(C)s3)CC2)n1. The Balaban J connectivity index is 1.61. The van der Waals surface area contributed by atoms with Crippen molar-refractivity contribution >= 4 is 23.1 Å². The number of carbonyl (C=O) groups excluding carboxylic acids is 1. The van der Waals surface area contributed by atoms with Gasteiger partial charge in [0.05, 0.1) is 25.4 Å². The van der Waals surface area contributed by atoms with Crippen molar-refractivity contribution in [2.24, 2.45) is 0 Å². The number of rotatable bonds is 4. The Labute approximate surface area is 146 Å². The van der Waals surface area contributed by atoms with Crippen molar-refractivity contribution in [2.75, 3.05) is 38.2 Å². The molecule has 3 heterocycles. The second-order valence-corrected chi connectivity index (χ2v) is 7.22. The Morgan fingerprint density at radius 3 is 2.62 bits per heavy atom. The average molecular weight is 346 g/mol. The van der Waals surface area contributed by atoms with Crippen LogP contribution in [0.15, 0.2) is 24.5 Å². The molecular weight excluding hydrogens is 324 g/mol. The molecule has 1 aliphatic rings. The first-order chi connectivity index (χ1) is 11.6. The zero-order valence-electron chi connectivity index (χ0n) is 14.2. The van der Waals surface area contributed by atoms with Crippen molar-refractivity contribution in [2.45, 2.75) is 19.8 Å². The molecule has 128 valence electrons. The largest absolute Gasteiger partial charge is 0.480 e. The summed E-state index contributed by atoms with van der Waals surface area (Å²) >= 11 is 1.70. The van der Waals surface area contributed by atoms with E-state index in [0.717, 1.165) is 23.8 Å². The smallest absolute Gasteiger partial charge is 0.233 e. The molecule has 24 heavy (non-hydrogen) atoms. The van der Waals surface area contributed by atoms with Crippen LogP contribution in [0.2, 0.25) is 0 Å². The van der Waals surface area contributed by atoms with Gasteiger partial charge >= 0.3 is 0 Å². The number of hydrogen-bond donors (Lipinski definition) is 0. The van der Waals surface area contributed by atoms with Crippen LogP contribution in [0.25, 0.3) is 0 Å². The monoisotopic (exact) mass is 346 g/mol. The van der Waals surface area contributed by atoms with Crippen LogP contribution in [-0.2, 0) is 4.79 Å². The molecular formula is C17H22N4O2S. The van der Waals surface area contributed by atoms with E-state index in [1.807, 2.05) is 11.8 Å². The van der Waals surface area contributed by atoms with Crippen LogP contribution >= 0.6 is 11.3 Å². The zero-order valence-corrected chi connectivity index (χ0v) is 15.0. The number of amides is 1. The molecule has 0 saturated carbocycles. The fraction of sp³-hybridized carbons (Fsp3) is 0.471. The second kappa shape index (κ2) is 7.17. The van der Waals surface area contributed by atoms with Gasteiger partial charge in [-0.05, 0) is 26.0 Å². The fourth-order valence-corrected chi connectivity index (χ4v) is 3.75. The van der Waals surface area contributed by atoms with Gasteiger partial charge in [0.1, 0.15) is 0 Å². The van der Waals surface area contributed by atoms with Crippen molar-refractivity contribution in [3.05, 3.63) is 34.3 Å². The summed E-state index contributed by atoms with van der Waals surface area (Å²) < 4.78 is 5.12. The van der Waals surface area contributed by atoms with Crippen LogP contribution in [0, 0.1) is 6.92 Å². The van der Waals surface area contributed by atoms with Gasteiger partial charge in [-0.1, -0.05) is 0 Å². The molecule has 3 rings (SSSR count). The molecule has 1 fully saturated rings. The summed E-state index contributed by atoms with van der Waals surface area (Å²) in [5, 5.41) is 0. The van der Waals surface area contributed by atoms with Crippen molar-refractivity contribution in [1.29, 1.82) is 0 Å². The van der Waals surface area contributed by atoms with Crippen LogP contribution in [-0.4, -0.2) is 54.1 Å². The molecule has 0 aliphatic carbocycles. The van der Waals surface area contributed by atoms with Gasteiger partial charge in [-0.25, -0.2) is 0 Å². The number of hydrogen-bond acceptors (Lipinski definition) is 6. The van der Waals surface area contributed by atoms with Gasteiger partial charge in [-0.15, -0.1) is 11.3 Å². The van der Waals surface area contributed by atoms with Crippen molar-refractivity contribution in [3.8, 4) is 5.88 Å². The van der Waals surface area contributed by atoms with E-state index < -0.39 is 0 Å². The third kappa shape index (κ3) is 3.51. The fourth-order valence-electron chi connectivity index (χ4n) is 2.83. The second-order valence-electron chi connectivity index (χ2n) is 5.90. The maximum absolute atomic E-state index is 12.7. The summed E-state index contributed by atoms with van der Waals surface area (Å²) in [5.74, 6) is 1.43. The van der Waals surface area contributed by atoms with E-state index >= 15 is 0 Å². The number of ether oxygens (including phenoxy) is 1. The molecule has 6 nitrogen and oxygen atoms in total. The van der Waals surface area contributed by atoms with Gasteiger partial charge < -0.3 is 14.5 Å². The number of thiophene rings is 1. The number of piperazine rings is 1. The lowest BCUT2D eigenvalue weighted by atomic mass is 10.1. The summed E-state index contributed by atoms with van der Waals surface area (Å²) in [7, 11) is 1.58. The van der Waals surface area contributed by atoms with Crippen LogP contribution in [0.1, 0.15) is 22.6 Å². The minimum Gasteiger partial charge on any atom is -0.480 e. The number of carbonyl (C=O) groups is 1. The molecule has 1 aliphatic heterocycles. The summed E-state index contributed by atoms with van der Waals surface area (Å²) in [6.07, 6.45) is 3.32. The maximum Gasteiger partial charge on any atom is 0.233 e. The highest BCUT2D eigenvalue weighted by Crippen LogP contribution is 2.26. The predicted molar refractivity (Wildman–Crippen MR) is 94.8 cm³/mol. The zero-order chi connectivity index (χ0) is 17.1. The molecule has 0 spiro atoms. The number of anilines is 1. The maximum atomic E-state index is 12.7. The molecule has 1 atom stereocenters. The summed E-state index contributed by atoms with van der Waals surface area (Å²) in [4.78, 5) is 27.7. The predicted octanol–water partition coefficient (Wildman–Crippen LogP) is 2.31. The van der Waals surface area contributed by atoms with E-state index in [2.05, 4.69) is 33.9 Å². The first-order valence-electron chi connectivity index (χ1n) is 8.04. The third-order valence-electron chi connectivity index (χ3n) is 4.28. The number of nitrogens with zero attached hydrogens (tertiary/aromatic N) is 4. The highest BCUT2D eigenvalue weighted by atomic mass is 32.1. The van der Waals surface area contributed by atoms with Gasteiger partial charge in [0.25, 0.3) is 0 Å². The van der Waals surface area contributed by atoms with Crippen LogP contribution in [0.4, 0.5) is 5.82 Å². The molecule has 0 radical (unpaired) electrons. The molecule has 1 unspecified atom stereocenters. The van der Waals surface area contributed by atoms with E-state index in [9.17, 15) is 4.79 Å². The lowest BCUT2D eigenvalue weighted by Gasteiger charge is -2.36. The van der Waals surface area contributed by atoms with Gasteiger partial charge in [0, 0.05) is 35.9 Å². The molecule has 2 aromatic rings. The molecule has 2 aromatic heterocycles. The normalized spacial score (nSPS) is 16.1. The van der Waals surface area contributed by atoms with Crippen LogP contribution < -0.4 is 9.64 Å². The third-order valence-corrected chi connectivity index (χ3v) is 5.47. The highest BCUT2D eigenvalue weighted by Gasteiger charge is 2.27. The molecule has 0 bridgehead atoms. The van der Waals surface area contributed by atoms with Gasteiger partial charge in [-0.2, -0.15) is 4.98 Å². The summed E-state index contributed by atoms with van der Waals surface area (Å²) in [6.45, 7) is 6.97.